The summed E-state index contributed by atoms with van der Waals surface area (Å²) in [5.41, 5.74) is 8.00. The Hall–Kier alpha value is -9.88. The highest BCUT2D eigenvalue weighted by Crippen LogP contribution is 2.30. The molecular formula is C82H68. The lowest BCUT2D eigenvalue weighted by molar-refractivity contribution is 1.51. The van der Waals surface area contributed by atoms with Crippen LogP contribution < -0.4 is 0 Å². The van der Waals surface area contributed by atoms with E-state index in [4.69, 9.17) is 0 Å². The van der Waals surface area contributed by atoms with E-state index in [-0.39, 0.29) is 0 Å². The third-order valence-corrected chi connectivity index (χ3v) is 15.6. The van der Waals surface area contributed by atoms with Crippen molar-refractivity contribution in [3.05, 3.63) is 337 Å². The Kier molecular flexibility index (Phi) is 16.5. The summed E-state index contributed by atoms with van der Waals surface area (Å²) >= 11 is 0. The molecule has 0 aliphatic rings. The van der Waals surface area contributed by atoms with Gasteiger partial charge in [-0.2, -0.15) is 0 Å². The molecule has 0 radical (unpaired) electrons. The van der Waals surface area contributed by atoms with Crippen molar-refractivity contribution in [1.82, 2.24) is 0 Å². The Morgan fingerprint density at radius 1 is 0.134 bits per heavy atom. The fourth-order valence-electron chi connectivity index (χ4n) is 11.2. The molecule has 0 saturated carbocycles. The number of aryl methyl sites for hydroxylation is 6. The molecule has 0 saturated heterocycles. The molecule has 16 aromatic rings. The van der Waals surface area contributed by atoms with E-state index in [1.54, 1.807) is 0 Å². The van der Waals surface area contributed by atoms with Crippen molar-refractivity contribution in [2.45, 2.75) is 41.5 Å². The minimum atomic E-state index is 1.31. The Bertz CT molecular complexity index is 4820. The van der Waals surface area contributed by atoms with Gasteiger partial charge in [-0.05, 0) is 190 Å². The molecule has 0 heteroatoms. The second-order valence-electron chi connectivity index (χ2n) is 21.7. The maximum absolute atomic E-state index is 2.28. The molecule has 0 aliphatic heterocycles. The van der Waals surface area contributed by atoms with Crippen molar-refractivity contribution in [3.63, 3.8) is 0 Å². The first-order chi connectivity index (χ1) is 40.1. The topological polar surface area (TPSA) is 0 Å². The molecule has 0 N–H and O–H groups in total. The zero-order valence-electron chi connectivity index (χ0n) is 47.9. The van der Waals surface area contributed by atoms with E-state index in [9.17, 15) is 0 Å². The third-order valence-electron chi connectivity index (χ3n) is 15.6. The van der Waals surface area contributed by atoms with Gasteiger partial charge >= 0.3 is 0 Å². The van der Waals surface area contributed by atoms with Crippen LogP contribution in [0.25, 0.3) is 108 Å². The Balaban J connectivity index is 0.000000104. The molecule has 16 aromatic carbocycles. The summed E-state index contributed by atoms with van der Waals surface area (Å²) in [6.45, 7) is 12.9. The highest BCUT2D eigenvalue weighted by Gasteiger charge is 2.03. The van der Waals surface area contributed by atoms with E-state index < -0.39 is 0 Å². The summed E-state index contributed by atoms with van der Waals surface area (Å²) in [5, 5.41) is 26.6. The quantitative estimate of drug-likeness (QED) is 0.105. The molecule has 0 fully saturated rings. The van der Waals surface area contributed by atoms with Crippen molar-refractivity contribution >= 4 is 108 Å². The summed E-state index contributed by atoms with van der Waals surface area (Å²) in [6.07, 6.45) is 0. The largest absolute Gasteiger partial charge is 0.0616 e. The van der Waals surface area contributed by atoms with E-state index in [1.807, 2.05) is 0 Å². The first-order valence-electron chi connectivity index (χ1n) is 28.5. The average molecular weight is 1050 g/mol. The van der Waals surface area contributed by atoms with Crippen molar-refractivity contribution in [2.24, 2.45) is 0 Å². The van der Waals surface area contributed by atoms with Gasteiger partial charge in [0.05, 0.1) is 0 Å². The van der Waals surface area contributed by atoms with Crippen molar-refractivity contribution in [1.29, 1.82) is 0 Å². The maximum atomic E-state index is 2.28. The molecule has 0 nitrogen and oxygen atoms in total. The lowest BCUT2D eigenvalue weighted by atomic mass is 9.99. The number of hydrogen-bond donors (Lipinski definition) is 0. The average Bonchev–Trinajstić information content (AvgIpc) is 3.71. The predicted molar refractivity (Wildman–Crippen MR) is 362 cm³/mol. The predicted octanol–water partition coefficient (Wildman–Crippen LogP) is 23.5. The van der Waals surface area contributed by atoms with E-state index in [0.717, 1.165) is 0 Å². The molecular weight excluding hydrogens is 985 g/mol. The fraction of sp³-hybridized carbons (Fsp3) is 0.0732. The highest BCUT2D eigenvalue weighted by atomic mass is 14.1. The van der Waals surface area contributed by atoms with Gasteiger partial charge in [0.1, 0.15) is 0 Å². The summed E-state index contributed by atoms with van der Waals surface area (Å²) in [7, 11) is 0. The maximum Gasteiger partial charge on any atom is -0.0103 e. The van der Waals surface area contributed by atoms with Gasteiger partial charge in [-0.3, -0.25) is 0 Å². The molecule has 0 atom stereocenters. The van der Waals surface area contributed by atoms with Gasteiger partial charge in [0.15, 0.2) is 0 Å². The third kappa shape index (κ3) is 12.6. The van der Waals surface area contributed by atoms with E-state index in [1.165, 1.54) is 141 Å². The van der Waals surface area contributed by atoms with Crippen molar-refractivity contribution < 1.29 is 0 Å². The SMILES string of the molecule is Cc1ccc2c(ccc3ccccc32)c1.Cc1ccc2cc3ccccc3cc2c1.Cc1ccc2ccccc2c1.Cc1cccc2c1ccc1ccccc12.Cc1cccc2cc3ccccc3cc12.Cc1cccc2ccccc12. The normalized spacial score (nSPS) is 10.8. The summed E-state index contributed by atoms with van der Waals surface area (Å²) < 4.78 is 0. The van der Waals surface area contributed by atoms with Crippen LogP contribution in [0.2, 0.25) is 0 Å². The molecule has 0 aliphatic carbocycles. The van der Waals surface area contributed by atoms with Crippen LogP contribution in [-0.4, -0.2) is 0 Å². The van der Waals surface area contributed by atoms with Crippen LogP contribution in [0.1, 0.15) is 33.4 Å². The lowest BCUT2D eigenvalue weighted by Crippen LogP contribution is -1.80. The molecule has 16 rings (SSSR count). The second-order valence-corrected chi connectivity index (χ2v) is 21.7. The standard InChI is InChI=1S/4C15H12.2C11H10/c1-11-5-4-8-14-9-12-6-2-3-7-13(12)10-15(11)14;1-11-5-4-8-15-13(11)10-9-12-6-2-3-7-14(12)15;1-11-6-9-15-13(10-11)8-7-12-4-2-3-5-14(12)15;1-11-6-7-14-9-12-4-2-3-5-13(12)10-15(14)8-11;1-9-5-4-7-10-6-2-3-8-11(9)10;1-9-6-7-10-4-2-3-5-11(10)8-9/h4*2-10H,1H3;2*2-8H,1H3. The Morgan fingerprint density at radius 3 is 1.01 bits per heavy atom. The molecule has 0 aromatic heterocycles. The Morgan fingerprint density at radius 2 is 0.415 bits per heavy atom. The molecule has 396 valence electrons. The molecule has 0 heterocycles. The monoisotopic (exact) mass is 1050 g/mol. The zero-order valence-corrected chi connectivity index (χ0v) is 47.9. The van der Waals surface area contributed by atoms with Crippen LogP contribution in [0, 0.1) is 41.5 Å². The minimum Gasteiger partial charge on any atom is -0.0616 e. The summed E-state index contributed by atoms with van der Waals surface area (Å²) in [6, 6.07) is 108. The Labute approximate surface area is 483 Å². The first-order valence-corrected chi connectivity index (χ1v) is 28.5. The van der Waals surface area contributed by atoms with Gasteiger partial charge in [-0.1, -0.05) is 296 Å². The van der Waals surface area contributed by atoms with Crippen LogP contribution in [0.4, 0.5) is 0 Å². The van der Waals surface area contributed by atoms with Gasteiger partial charge in [0, 0.05) is 0 Å². The van der Waals surface area contributed by atoms with E-state index in [0.29, 0.717) is 0 Å². The van der Waals surface area contributed by atoms with Crippen LogP contribution in [0.5, 0.6) is 0 Å². The first kappa shape index (κ1) is 54.1. The zero-order chi connectivity index (χ0) is 56.4. The van der Waals surface area contributed by atoms with Crippen LogP contribution in [0.3, 0.4) is 0 Å². The lowest BCUT2D eigenvalue weighted by Gasteiger charge is -2.05. The number of hydrogen-bond acceptors (Lipinski definition) is 0. The second kappa shape index (κ2) is 25.1. The van der Waals surface area contributed by atoms with Gasteiger partial charge in [-0.25, -0.2) is 0 Å². The molecule has 82 heavy (non-hydrogen) atoms. The smallest absolute Gasteiger partial charge is 0.0103 e. The van der Waals surface area contributed by atoms with Crippen LogP contribution in [-0.2, 0) is 0 Å². The van der Waals surface area contributed by atoms with E-state index in [2.05, 4.69) is 345 Å². The van der Waals surface area contributed by atoms with Gasteiger partial charge in [-0.15, -0.1) is 0 Å². The van der Waals surface area contributed by atoms with Gasteiger partial charge in [0.2, 0.25) is 0 Å². The van der Waals surface area contributed by atoms with Crippen LogP contribution >= 0.6 is 0 Å². The molecule has 0 amide bonds. The molecule has 0 spiro atoms. The van der Waals surface area contributed by atoms with Crippen molar-refractivity contribution in [3.8, 4) is 0 Å². The van der Waals surface area contributed by atoms with Gasteiger partial charge in [0.25, 0.3) is 0 Å². The summed E-state index contributed by atoms with van der Waals surface area (Å²) in [5.74, 6) is 0. The molecule has 0 bridgehead atoms. The molecule has 0 unspecified atom stereocenters. The van der Waals surface area contributed by atoms with E-state index >= 15 is 0 Å². The van der Waals surface area contributed by atoms with Crippen molar-refractivity contribution in [2.75, 3.05) is 0 Å². The fourth-order valence-corrected chi connectivity index (χ4v) is 11.2. The van der Waals surface area contributed by atoms with Crippen LogP contribution in [0.15, 0.2) is 303 Å². The number of fused-ring (bicyclic) bond motifs is 12. The number of rotatable bonds is 0. The highest BCUT2D eigenvalue weighted by molar-refractivity contribution is 6.09. The number of benzene rings is 16. The van der Waals surface area contributed by atoms with Gasteiger partial charge < -0.3 is 0 Å². The summed E-state index contributed by atoms with van der Waals surface area (Å²) in [4.78, 5) is 0. The minimum absolute atomic E-state index is 1.31.